The highest BCUT2D eigenvalue weighted by Gasteiger charge is 2.20. The van der Waals surface area contributed by atoms with Crippen molar-refractivity contribution in [3.05, 3.63) is 53.9 Å². The van der Waals surface area contributed by atoms with Gasteiger partial charge in [-0.2, -0.15) is 4.98 Å². The number of aryl methyl sites for hydroxylation is 1. The number of nitrogens with zero attached hydrogens (tertiary/aromatic N) is 5. The van der Waals surface area contributed by atoms with Crippen LogP contribution in [0, 0.1) is 24.5 Å². The number of piperidine rings is 1. The average Bonchev–Trinajstić information content (AvgIpc) is 3.16. The van der Waals surface area contributed by atoms with Crippen molar-refractivity contribution in [3.63, 3.8) is 0 Å². The van der Waals surface area contributed by atoms with E-state index in [1.807, 2.05) is 13.0 Å². The van der Waals surface area contributed by atoms with Crippen molar-refractivity contribution >= 4 is 17.6 Å². The Hall–Kier alpha value is -3.07. The fraction of sp³-hybridized carbons (Fsp3) is 0.381. The van der Waals surface area contributed by atoms with Gasteiger partial charge in [0.05, 0.1) is 5.69 Å². The summed E-state index contributed by atoms with van der Waals surface area (Å²) in [6.07, 6.45) is 3.54. The van der Waals surface area contributed by atoms with Gasteiger partial charge in [0, 0.05) is 32.9 Å². The molecule has 1 aromatic carbocycles. The van der Waals surface area contributed by atoms with Crippen LogP contribution >= 0.6 is 0 Å². The van der Waals surface area contributed by atoms with Crippen molar-refractivity contribution in [2.75, 3.05) is 37.0 Å². The lowest BCUT2D eigenvalue weighted by Crippen LogP contribution is -2.35. The Balaban J connectivity index is 1.48. The number of ether oxygens (including phenoxy) is 1. The van der Waals surface area contributed by atoms with Crippen molar-refractivity contribution in [1.29, 1.82) is 0 Å². The lowest BCUT2D eigenvalue weighted by atomic mass is 9.98. The molecule has 4 rings (SSSR count). The van der Waals surface area contributed by atoms with Crippen LogP contribution in [0.1, 0.15) is 18.4 Å². The highest BCUT2D eigenvalue weighted by atomic mass is 19.1. The van der Waals surface area contributed by atoms with Gasteiger partial charge in [-0.25, -0.2) is 18.4 Å². The number of benzene rings is 1. The maximum Gasteiger partial charge on any atom is 0.248 e. The largest absolute Gasteiger partial charge is 0.384 e. The van der Waals surface area contributed by atoms with E-state index in [1.54, 1.807) is 7.11 Å². The summed E-state index contributed by atoms with van der Waals surface area (Å²) < 4.78 is 33.5. The summed E-state index contributed by atoms with van der Waals surface area (Å²) in [6.45, 7) is 4.67. The van der Waals surface area contributed by atoms with Crippen molar-refractivity contribution in [2.45, 2.75) is 19.8 Å². The second kappa shape index (κ2) is 8.74. The number of anilines is 3. The molecule has 1 aliphatic rings. The zero-order chi connectivity index (χ0) is 21.1. The minimum atomic E-state index is -0.672. The first-order chi connectivity index (χ1) is 14.5. The van der Waals surface area contributed by atoms with Gasteiger partial charge in [-0.05, 0) is 55.5 Å². The van der Waals surface area contributed by atoms with Gasteiger partial charge in [-0.1, -0.05) is 0 Å². The van der Waals surface area contributed by atoms with E-state index in [0.717, 1.165) is 50.0 Å². The molecule has 158 valence electrons. The zero-order valence-electron chi connectivity index (χ0n) is 17.0. The van der Waals surface area contributed by atoms with E-state index in [9.17, 15) is 8.78 Å². The summed E-state index contributed by atoms with van der Waals surface area (Å²) in [6, 6.07) is 7.17. The first-order valence-corrected chi connectivity index (χ1v) is 9.88. The van der Waals surface area contributed by atoms with Gasteiger partial charge in [0.1, 0.15) is 29.6 Å². The lowest BCUT2D eigenvalue weighted by molar-refractivity contribution is 0.139. The van der Waals surface area contributed by atoms with Crippen molar-refractivity contribution in [1.82, 2.24) is 19.7 Å². The minimum Gasteiger partial charge on any atom is -0.384 e. The minimum absolute atomic E-state index is 0.255. The molecule has 3 heterocycles. The van der Waals surface area contributed by atoms with Gasteiger partial charge >= 0.3 is 0 Å². The third kappa shape index (κ3) is 4.73. The van der Waals surface area contributed by atoms with Crippen LogP contribution in [0.25, 0.3) is 5.69 Å². The Morgan fingerprint density at radius 3 is 2.53 bits per heavy atom. The van der Waals surface area contributed by atoms with Gasteiger partial charge in [0.2, 0.25) is 5.95 Å². The molecular weight excluding hydrogens is 390 g/mol. The summed E-state index contributed by atoms with van der Waals surface area (Å²) in [5, 5.41) is 7.34. The second-order valence-electron chi connectivity index (χ2n) is 7.54. The summed E-state index contributed by atoms with van der Waals surface area (Å²) in [4.78, 5) is 11.2. The Bertz CT molecular complexity index is 996. The van der Waals surface area contributed by atoms with Crippen LogP contribution in [0.15, 0.2) is 36.7 Å². The van der Waals surface area contributed by atoms with E-state index in [0.29, 0.717) is 17.7 Å². The predicted molar refractivity (Wildman–Crippen MR) is 110 cm³/mol. The van der Waals surface area contributed by atoms with Crippen molar-refractivity contribution < 1.29 is 13.5 Å². The van der Waals surface area contributed by atoms with Crippen LogP contribution in [0.3, 0.4) is 0 Å². The topological polar surface area (TPSA) is 68.1 Å². The van der Waals surface area contributed by atoms with Crippen LogP contribution in [0.4, 0.5) is 26.4 Å². The molecule has 0 unspecified atom stereocenters. The Morgan fingerprint density at radius 2 is 1.83 bits per heavy atom. The van der Waals surface area contributed by atoms with Crippen LogP contribution in [-0.4, -0.2) is 46.6 Å². The van der Waals surface area contributed by atoms with Gasteiger partial charge < -0.3 is 15.0 Å². The molecule has 0 spiro atoms. The summed E-state index contributed by atoms with van der Waals surface area (Å²) in [5.41, 5.74) is 1.32. The molecule has 1 saturated heterocycles. The highest BCUT2D eigenvalue weighted by molar-refractivity contribution is 5.55. The van der Waals surface area contributed by atoms with E-state index in [-0.39, 0.29) is 5.69 Å². The van der Waals surface area contributed by atoms with Gasteiger partial charge in [0.15, 0.2) is 0 Å². The molecule has 1 fully saturated rings. The molecule has 0 atom stereocenters. The third-order valence-corrected chi connectivity index (χ3v) is 5.14. The van der Waals surface area contributed by atoms with E-state index in [2.05, 4.69) is 26.4 Å². The summed E-state index contributed by atoms with van der Waals surface area (Å²) in [5.74, 6) is 1.06. The quantitative estimate of drug-likeness (QED) is 0.661. The first-order valence-electron chi connectivity index (χ1n) is 9.88. The van der Waals surface area contributed by atoms with Crippen molar-refractivity contribution in [2.24, 2.45) is 5.92 Å². The molecule has 9 heteroatoms. The number of rotatable bonds is 6. The van der Waals surface area contributed by atoms with Crippen LogP contribution in [-0.2, 0) is 4.74 Å². The maximum absolute atomic E-state index is 13.5. The number of nitrogens with one attached hydrogen (secondary N) is 1. The number of halogens is 2. The van der Waals surface area contributed by atoms with Crippen LogP contribution in [0.5, 0.6) is 0 Å². The summed E-state index contributed by atoms with van der Waals surface area (Å²) >= 11 is 0. The number of methoxy groups -OCH3 is 1. The third-order valence-electron chi connectivity index (χ3n) is 5.14. The monoisotopic (exact) mass is 414 g/mol. The standard InChI is InChI=1S/C21H24F2N6O/c1-14-7-19(25-20(8-14)28-5-3-15(4-6-28)12-30-2)26-21-24-13-29(27-21)18-10-16(22)9-17(23)11-18/h7-11,13,15H,3-6,12H2,1-2H3,(H,25,26,27). The van der Waals surface area contributed by atoms with Crippen molar-refractivity contribution in [3.8, 4) is 5.69 Å². The molecule has 7 nitrogen and oxygen atoms in total. The Kier molecular flexibility index (Phi) is 5.89. The molecule has 1 aliphatic heterocycles. The van der Waals surface area contributed by atoms with E-state index >= 15 is 0 Å². The normalized spacial score (nSPS) is 14.9. The molecule has 3 aromatic rings. The van der Waals surface area contributed by atoms with Gasteiger partial charge in [0.25, 0.3) is 0 Å². The highest BCUT2D eigenvalue weighted by Crippen LogP contribution is 2.25. The van der Waals surface area contributed by atoms with Gasteiger partial charge in [-0.3, -0.25) is 0 Å². The fourth-order valence-corrected chi connectivity index (χ4v) is 3.67. The molecular formula is C21H24F2N6O. The first kappa shape index (κ1) is 20.2. The molecule has 0 saturated carbocycles. The number of aromatic nitrogens is 4. The molecule has 1 N–H and O–H groups in total. The summed E-state index contributed by atoms with van der Waals surface area (Å²) in [7, 11) is 1.74. The molecule has 0 radical (unpaired) electrons. The lowest BCUT2D eigenvalue weighted by Gasteiger charge is -2.32. The van der Waals surface area contributed by atoms with E-state index in [1.165, 1.54) is 23.1 Å². The number of hydrogen-bond acceptors (Lipinski definition) is 6. The SMILES string of the molecule is COCC1CCN(c2cc(C)cc(Nc3ncn(-c4cc(F)cc(F)c4)n3)n2)CC1. The molecule has 2 aromatic heterocycles. The van der Waals surface area contributed by atoms with Crippen LogP contribution < -0.4 is 10.2 Å². The van der Waals surface area contributed by atoms with Gasteiger partial charge in [-0.15, -0.1) is 5.10 Å². The smallest absolute Gasteiger partial charge is 0.248 e. The average molecular weight is 414 g/mol. The number of hydrogen-bond donors (Lipinski definition) is 1. The van der Waals surface area contributed by atoms with Crippen LogP contribution in [0.2, 0.25) is 0 Å². The molecule has 0 aliphatic carbocycles. The predicted octanol–water partition coefficient (Wildman–Crippen LogP) is 3.86. The van der Waals surface area contributed by atoms with E-state index in [4.69, 9.17) is 9.72 Å². The fourth-order valence-electron chi connectivity index (χ4n) is 3.67. The molecule has 30 heavy (non-hydrogen) atoms. The number of pyridine rings is 1. The Morgan fingerprint density at radius 1 is 1.10 bits per heavy atom. The Labute approximate surface area is 173 Å². The van der Waals surface area contributed by atoms with E-state index < -0.39 is 11.6 Å². The second-order valence-corrected chi connectivity index (χ2v) is 7.54. The molecule has 0 bridgehead atoms. The molecule has 0 amide bonds. The zero-order valence-corrected chi connectivity index (χ0v) is 17.0. The maximum atomic E-state index is 13.5.